The maximum atomic E-state index is 13.3. The van der Waals surface area contributed by atoms with E-state index in [1.54, 1.807) is 4.90 Å². The molecule has 2 saturated heterocycles. The predicted molar refractivity (Wildman–Crippen MR) is 123 cm³/mol. The molecule has 9 heteroatoms. The summed E-state index contributed by atoms with van der Waals surface area (Å²) >= 11 is 0. The van der Waals surface area contributed by atoms with E-state index in [0.717, 1.165) is 40.8 Å². The van der Waals surface area contributed by atoms with E-state index in [-0.39, 0.29) is 24.9 Å². The molecule has 3 aromatic rings. The molecule has 0 aliphatic carbocycles. The smallest absolute Gasteiger partial charge is 0.416 e. The molecule has 2 aromatic carbocycles. The molecule has 5 rings (SSSR count). The number of hydrogen-bond donors (Lipinski definition) is 0. The number of furan rings is 1. The Labute approximate surface area is 200 Å². The highest BCUT2D eigenvalue weighted by molar-refractivity contribution is 5.95. The van der Waals surface area contributed by atoms with Gasteiger partial charge >= 0.3 is 6.18 Å². The van der Waals surface area contributed by atoms with E-state index in [4.69, 9.17) is 4.42 Å². The van der Waals surface area contributed by atoms with E-state index in [9.17, 15) is 22.8 Å². The zero-order valence-corrected chi connectivity index (χ0v) is 19.3. The molecule has 184 valence electrons. The second-order valence-corrected chi connectivity index (χ2v) is 9.08. The minimum absolute atomic E-state index is 0.0668. The van der Waals surface area contributed by atoms with Gasteiger partial charge in [0.2, 0.25) is 11.8 Å². The quantitative estimate of drug-likeness (QED) is 0.547. The number of piperazine rings is 2. The summed E-state index contributed by atoms with van der Waals surface area (Å²) in [4.78, 5) is 31.4. The van der Waals surface area contributed by atoms with Crippen LogP contribution in [0.5, 0.6) is 0 Å². The Bertz CT molecular complexity index is 1250. The Hall–Kier alpha value is -3.33. The van der Waals surface area contributed by atoms with Crippen LogP contribution < -0.4 is 0 Å². The van der Waals surface area contributed by atoms with Crippen molar-refractivity contribution in [1.82, 2.24) is 14.7 Å². The standard InChI is InChI=1S/C26H26F3N3O3/c1-2-22-20(19-5-3-4-6-23(19)35-22)14-30-11-12-32-21(15-30)25(34)31(16-24(32)33)13-17-7-9-18(10-8-17)26(27,28)29/h3-10,21H,2,11-16H2,1H3. The van der Waals surface area contributed by atoms with Gasteiger partial charge < -0.3 is 14.2 Å². The zero-order chi connectivity index (χ0) is 24.7. The summed E-state index contributed by atoms with van der Waals surface area (Å²) < 4.78 is 44.6. The van der Waals surface area contributed by atoms with Crippen LogP contribution in [0, 0.1) is 0 Å². The van der Waals surface area contributed by atoms with Crippen LogP contribution in [0.3, 0.4) is 0 Å². The summed E-state index contributed by atoms with van der Waals surface area (Å²) in [6.45, 7) is 4.20. The molecule has 1 atom stereocenters. The van der Waals surface area contributed by atoms with Crippen LogP contribution in [0.4, 0.5) is 13.2 Å². The number of nitrogens with zero attached hydrogens (tertiary/aromatic N) is 3. The minimum atomic E-state index is -4.42. The number of aryl methyl sites for hydroxylation is 1. The lowest BCUT2D eigenvalue weighted by Crippen LogP contribution is -2.66. The number of para-hydroxylation sites is 1. The van der Waals surface area contributed by atoms with E-state index in [2.05, 4.69) is 4.90 Å². The topological polar surface area (TPSA) is 57.0 Å². The van der Waals surface area contributed by atoms with Gasteiger partial charge in [0, 0.05) is 50.1 Å². The summed E-state index contributed by atoms with van der Waals surface area (Å²) in [5.74, 6) is 0.606. The summed E-state index contributed by atoms with van der Waals surface area (Å²) in [6.07, 6.45) is -3.66. The first-order valence-corrected chi connectivity index (χ1v) is 11.7. The molecule has 0 N–H and O–H groups in total. The number of hydrogen-bond acceptors (Lipinski definition) is 4. The summed E-state index contributed by atoms with van der Waals surface area (Å²) in [5, 5.41) is 1.06. The van der Waals surface area contributed by atoms with Crippen LogP contribution in [-0.4, -0.2) is 58.7 Å². The fourth-order valence-electron chi connectivity index (χ4n) is 5.02. The lowest BCUT2D eigenvalue weighted by molar-refractivity contribution is -0.160. The minimum Gasteiger partial charge on any atom is -0.461 e. The first-order valence-electron chi connectivity index (χ1n) is 11.7. The van der Waals surface area contributed by atoms with Crippen LogP contribution in [0.2, 0.25) is 0 Å². The molecule has 2 aliphatic heterocycles. The molecule has 35 heavy (non-hydrogen) atoms. The SMILES string of the molecule is CCc1oc2ccccc2c1CN1CCN2C(=O)CN(Cc3ccc(C(F)(F)F)cc3)C(=O)C2C1. The molecule has 2 amide bonds. The number of alkyl halides is 3. The van der Waals surface area contributed by atoms with E-state index in [0.29, 0.717) is 31.7 Å². The van der Waals surface area contributed by atoms with Crippen LogP contribution in [0.15, 0.2) is 52.9 Å². The van der Waals surface area contributed by atoms with Crippen molar-refractivity contribution in [1.29, 1.82) is 0 Å². The van der Waals surface area contributed by atoms with Crippen molar-refractivity contribution in [2.75, 3.05) is 26.2 Å². The Morgan fingerprint density at radius 2 is 1.74 bits per heavy atom. The summed E-state index contributed by atoms with van der Waals surface area (Å²) in [6, 6.07) is 12.0. The van der Waals surface area contributed by atoms with Gasteiger partial charge in [-0.3, -0.25) is 14.5 Å². The summed E-state index contributed by atoms with van der Waals surface area (Å²) in [7, 11) is 0. The largest absolute Gasteiger partial charge is 0.461 e. The fourth-order valence-corrected chi connectivity index (χ4v) is 5.02. The molecule has 0 saturated carbocycles. The molecule has 0 bridgehead atoms. The second kappa shape index (κ2) is 9.03. The van der Waals surface area contributed by atoms with Gasteiger partial charge in [-0.2, -0.15) is 13.2 Å². The Balaban J connectivity index is 1.31. The van der Waals surface area contributed by atoms with Crippen LogP contribution in [0.1, 0.15) is 29.4 Å². The predicted octanol–water partition coefficient (Wildman–Crippen LogP) is 4.07. The zero-order valence-electron chi connectivity index (χ0n) is 19.3. The molecule has 3 heterocycles. The molecule has 6 nitrogen and oxygen atoms in total. The van der Waals surface area contributed by atoms with Gasteiger partial charge in [0.25, 0.3) is 0 Å². The van der Waals surface area contributed by atoms with Gasteiger partial charge in [0.1, 0.15) is 23.9 Å². The Kier molecular flexibility index (Phi) is 6.04. The molecule has 0 radical (unpaired) electrons. The average molecular weight is 486 g/mol. The number of halogens is 3. The van der Waals surface area contributed by atoms with Gasteiger partial charge in [-0.1, -0.05) is 37.3 Å². The van der Waals surface area contributed by atoms with Crippen molar-refractivity contribution in [3.8, 4) is 0 Å². The van der Waals surface area contributed by atoms with E-state index in [1.807, 2.05) is 31.2 Å². The number of carbonyl (C=O) groups excluding carboxylic acids is 2. The third kappa shape index (κ3) is 4.52. The first kappa shape index (κ1) is 23.4. The Morgan fingerprint density at radius 1 is 1.00 bits per heavy atom. The lowest BCUT2D eigenvalue weighted by atomic mass is 10.0. The molecule has 1 unspecified atom stereocenters. The maximum absolute atomic E-state index is 13.3. The van der Waals surface area contributed by atoms with Gasteiger partial charge in [-0.15, -0.1) is 0 Å². The van der Waals surface area contributed by atoms with E-state index in [1.165, 1.54) is 17.0 Å². The maximum Gasteiger partial charge on any atom is 0.416 e. The molecule has 0 spiro atoms. The normalized spacial score (nSPS) is 19.5. The first-order chi connectivity index (χ1) is 16.7. The number of fused-ring (bicyclic) bond motifs is 2. The molecule has 2 aliphatic rings. The number of carbonyl (C=O) groups is 2. The fraction of sp³-hybridized carbons (Fsp3) is 0.385. The highest BCUT2D eigenvalue weighted by Gasteiger charge is 2.42. The van der Waals surface area contributed by atoms with Crippen molar-refractivity contribution in [2.45, 2.75) is 38.7 Å². The van der Waals surface area contributed by atoms with E-state index >= 15 is 0 Å². The number of benzene rings is 2. The third-order valence-corrected chi connectivity index (χ3v) is 6.85. The number of amides is 2. The summed E-state index contributed by atoms with van der Waals surface area (Å²) in [5.41, 5.74) is 1.75. The lowest BCUT2D eigenvalue weighted by Gasteiger charge is -2.46. The van der Waals surface area contributed by atoms with Gasteiger partial charge in [-0.25, -0.2) is 0 Å². The highest BCUT2D eigenvalue weighted by Crippen LogP contribution is 2.31. The molecular formula is C26H26F3N3O3. The van der Waals surface area contributed by atoms with Gasteiger partial charge in [0.05, 0.1) is 5.56 Å². The van der Waals surface area contributed by atoms with Crippen molar-refractivity contribution in [2.24, 2.45) is 0 Å². The Morgan fingerprint density at radius 3 is 2.46 bits per heavy atom. The van der Waals surface area contributed by atoms with Crippen molar-refractivity contribution >= 4 is 22.8 Å². The van der Waals surface area contributed by atoms with Crippen molar-refractivity contribution < 1.29 is 27.2 Å². The van der Waals surface area contributed by atoms with Crippen LogP contribution in [0.25, 0.3) is 11.0 Å². The van der Waals surface area contributed by atoms with Crippen LogP contribution >= 0.6 is 0 Å². The third-order valence-electron chi connectivity index (χ3n) is 6.85. The van der Waals surface area contributed by atoms with Crippen LogP contribution in [-0.2, 0) is 35.3 Å². The number of rotatable bonds is 5. The van der Waals surface area contributed by atoms with Crippen molar-refractivity contribution in [3.63, 3.8) is 0 Å². The van der Waals surface area contributed by atoms with Gasteiger partial charge in [-0.05, 0) is 23.8 Å². The van der Waals surface area contributed by atoms with Gasteiger partial charge in [0.15, 0.2) is 0 Å². The van der Waals surface area contributed by atoms with Crippen molar-refractivity contribution in [3.05, 3.63) is 71.0 Å². The molecule has 1 aromatic heterocycles. The van der Waals surface area contributed by atoms with E-state index < -0.39 is 17.8 Å². The second-order valence-electron chi connectivity index (χ2n) is 9.08. The molecule has 2 fully saturated rings. The monoisotopic (exact) mass is 485 g/mol. The average Bonchev–Trinajstić information content (AvgIpc) is 3.19. The highest BCUT2D eigenvalue weighted by atomic mass is 19.4. The molecular weight excluding hydrogens is 459 g/mol.